The van der Waals surface area contributed by atoms with Gasteiger partial charge in [0.1, 0.15) is 0 Å². The van der Waals surface area contributed by atoms with Crippen molar-refractivity contribution in [1.29, 1.82) is 0 Å². The van der Waals surface area contributed by atoms with Gasteiger partial charge in [0, 0.05) is 16.8 Å². The molecule has 0 saturated heterocycles. The maximum absolute atomic E-state index is 12.4. The van der Waals surface area contributed by atoms with Gasteiger partial charge in [-0.1, -0.05) is 43.8 Å². The number of rotatable bonds is 6. The summed E-state index contributed by atoms with van der Waals surface area (Å²) in [5.74, 6) is 0.453. The van der Waals surface area contributed by atoms with Crippen molar-refractivity contribution in [3.8, 4) is 0 Å². The van der Waals surface area contributed by atoms with E-state index < -0.39 is 0 Å². The highest BCUT2D eigenvalue weighted by atomic mass is 32.2. The molecular weight excluding hydrogens is 312 g/mol. The Hall–Kier alpha value is -1.33. The number of amides is 1. The number of thioether (sulfide) groups is 1. The van der Waals surface area contributed by atoms with E-state index in [4.69, 9.17) is 0 Å². The van der Waals surface area contributed by atoms with Gasteiger partial charge in [-0.05, 0) is 37.8 Å². The van der Waals surface area contributed by atoms with Gasteiger partial charge in [0.2, 0.25) is 5.91 Å². The molecule has 0 aliphatic rings. The molecule has 0 bridgehead atoms. The Morgan fingerprint density at radius 3 is 2.73 bits per heavy atom. The minimum atomic E-state index is -0.171. The molecule has 1 aromatic carbocycles. The molecule has 0 radical (unpaired) electrons. The molecule has 2 rings (SSSR count). The maximum Gasteiger partial charge on any atom is 0.237 e. The van der Waals surface area contributed by atoms with Gasteiger partial charge in [0.15, 0.2) is 4.34 Å². The van der Waals surface area contributed by atoms with Crippen LogP contribution < -0.4 is 5.32 Å². The summed E-state index contributed by atoms with van der Waals surface area (Å²) in [4.78, 5) is 16.8. The quantitative estimate of drug-likeness (QED) is 0.749. The molecule has 118 valence electrons. The largest absolute Gasteiger partial charge is 0.325 e. The Labute approximate surface area is 140 Å². The third kappa shape index (κ3) is 4.34. The molecule has 0 fully saturated rings. The van der Waals surface area contributed by atoms with Gasteiger partial charge >= 0.3 is 0 Å². The van der Waals surface area contributed by atoms with Gasteiger partial charge in [-0.3, -0.25) is 4.79 Å². The summed E-state index contributed by atoms with van der Waals surface area (Å²) < 4.78 is 0.940. The molecule has 1 aromatic heterocycles. The van der Waals surface area contributed by atoms with Crippen LogP contribution in [0.2, 0.25) is 0 Å². The van der Waals surface area contributed by atoms with E-state index >= 15 is 0 Å². The number of hydrogen-bond acceptors (Lipinski definition) is 4. The van der Waals surface area contributed by atoms with Crippen LogP contribution in [0.25, 0.3) is 0 Å². The number of carbonyl (C=O) groups excluding carboxylic acids is 1. The van der Waals surface area contributed by atoms with Gasteiger partial charge in [-0.25, -0.2) is 4.98 Å². The fourth-order valence-electron chi connectivity index (χ4n) is 2.09. The van der Waals surface area contributed by atoms with Crippen molar-refractivity contribution in [2.75, 3.05) is 5.32 Å². The molecule has 0 unspecified atom stereocenters. The summed E-state index contributed by atoms with van der Waals surface area (Å²) in [5, 5.41) is 4.90. The molecule has 0 saturated carbocycles. The lowest BCUT2D eigenvalue weighted by Crippen LogP contribution is -2.23. The smallest absolute Gasteiger partial charge is 0.237 e. The first-order valence-corrected chi connectivity index (χ1v) is 9.25. The first kappa shape index (κ1) is 17.0. The van der Waals surface area contributed by atoms with Crippen LogP contribution in [-0.2, 0) is 4.79 Å². The van der Waals surface area contributed by atoms with Crippen LogP contribution in [0, 0.1) is 6.92 Å². The molecule has 3 nitrogen and oxygen atoms in total. The van der Waals surface area contributed by atoms with Crippen LogP contribution in [-0.4, -0.2) is 16.1 Å². The van der Waals surface area contributed by atoms with E-state index in [2.05, 4.69) is 30.2 Å². The highest BCUT2D eigenvalue weighted by Gasteiger charge is 2.18. The third-order valence-corrected chi connectivity index (χ3v) is 5.80. The SMILES string of the molecule is CC[C@H](C)c1ccccc1NC(=O)[C@H](C)Sc1nc(C)cs1. The molecule has 2 aromatic rings. The Kier molecular flexibility index (Phi) is 6.03. The standard InChI is InChI=1S/C17H22N2OS2/c1-5-11(2)14-8-6-7-9-15(14)19-16(20)13(4)22-17-18-12(3)10-21-17/h6-11,13H,5H2,1-4H3,(H,19,20)/t11-,13-/m0/s1. The highest BCUT2D eigenvalue weighted by Crippen LogP contribution is 2.29. The summed E-state index contributed by atoms with van der Waals surface area (Å²) in [6.07, 6.45) is 1.05. The minimum absolute atomic E-state index is 0.0219. The first-order valence-electron chi connectivity index (χ1n) is 7.49. The number of para-hydroxylation sites is 1. The fourth-order valence-corrected chi connectivity index (χ4v) is 4.07. The zero-order valence-corrected chi connectivity index (χ0v) is 15.1. The van der Waals surface area contributed by atoms with Crippen molar-refractivity contribution in [3.05, 3.63) is 40.9 Å². The van der Waals surface area contributed by atoms with E-state index in [-0.39, 0.29) is 11.2 Å². The monoisotopic (exact) mass is 334 g/mol. The molecule has 0 spiro atoms. The van der Waals surface area contributed by atoms with Crippen LogP contribution in [0.15, 0.2) is 34.0 Å². The average molecular weight is 335 g/mol. The maximum atomic E-state index is 12.4. The van der Waals surface area contributed by atoms with Crippen molar-refractivity contribution >= 4 is 34.7 Å². The topological polar surface area (TPSA) is 42.0 Å². The number of carbonyl (C=O) groups is 1. The Morgan fingerprint density at radius 2 is 2.09 bits per heavy atom. The van der Waals surface area contributed by atoms with Crippen molar-refractivity contribution < 1.29 is 4.79 Å². The number of anilines is 1. The Bertz CT molecular complexity index is 639. The van der Waals surface area contributed by atoms with Crippen LogP contribution in [0.1, 0.15) is 44.4 Å². The number of thiazole rings is 1. The van der Waals surface area contributed by atoms with E-state index in [1.807, 2.05) is 37.4 Å². The van der Waals surface area contributed by atoms with Crippen LogP contribution in [0.5, 0.6) is 0 Å². The highest BCUT2D eigenvalue weighted by molar-refractivity contribution is 8.02. The molecule has 22 heavy (non-hydrogen) atoms. The van der Waals surface area contributed by atoms with Gasteiger partial charge in [-0.15, -0.1) is 11.3 Å². The number of aryl methyl sites for hydroxylation is 1. The van der Waals surface area contributed by atoms with Crippen molar-refractivity contribution in [1.82, 2.24) is 4.98 Å². The van der Waals surface area contributed by atoms with Crippen LogP contribution in [0.3, 0.4) is 0 Å². The lowest BCUT2D eigenvalue weighted by atomic mass is 9.97. The number of aromatic nitrogens is 1. The predicted octanol–water partition coefficient (Wildman–Crippen LogP) is 5.08. The number of benzene rings is 1. The van der Waals surface area contributed by atoms with E-state index in [1.54, 1.807) is 11.3 Å². The van der Waals surface area contributed by atoms with E-state index in [1.165, 1.54) is 17.3 Å². The van der Waals surface area contributed by atoms with Crippen molar-refractivity contribution in [2.24, 2.45) is 0 Å². The van der Waals surface area contributed by atoms with Gasteiger partial charge < -0.3 is 5.32 Å². The third-order valence-electron chi connectivity index (χ3n) is 3.61. The molecule has 1 amide bonds. The molecule has 5 heteroatoms. The summed E-state index contributed by atoms with van der Waals surface area (Å²) in [6, 6.07) is 8.05. The lowest BCUT2D eigenvalue weighted by molar-refractivity contribution is -0.115. The average Bonchev–Trinajstić information content (AvgIpc) is 2.92. The van der Waals surface area contributed by atoms with Crippen molar-refractivity contribution in [2.45, 2.75) is 49.6 Å². The van der Waals surface area contributed by atoms with Gasteiger partial charge in [-0.2, -0.15) is 0 Å². The predicted molar refractivity (Wildman–Crippen MR) is 95.9 cm³/mol. The molecule has 2 atom stereocenters. The number of nitrogens with one attached hydrogen (secondary N) is 1. The van der Waals surface area contributed by atoms with Gasteiger partial charge in [0.05, 0.1) is 5.25 Å². The molecule has 0 aliphatic heterocycles. The van der Waals surface area contributed by atoms with Crippen LogP contribution >= 0.6 is 23.1 Å². The van der Waals surface area contributed by atoms with Gasteiger partial charge in [0.25, 0.3) is 0 Å². The Morgan fingerprint density at radius 1 is 1.36 bits per heavy atom. The fraction of sp³-hybridized carbons (Fsp3) is 0.412. The second-order valence-corrected chi connectivity index (χ2v) is 7.85. The van der Waals surface area contributed by atoms with E-state index in [0.717, 1.165) is 22.1 Å². The summed E-state index contributed by atoms with van der Waals surface area (Å²) in [5.41, 5.74) is 3.12. The molecule has 0 aliphatic carbocycles. The summed E-state index contributed by atoms with van der Waals surface area (Å²) in [6.45, 7) is 8.23. The normalized spacial score (nSPS) is 13.6. The van der Waals surface area contributed by atoms with Crippen molar-refractivity contribution in [3.63, 3.8) is 0 Å². The van der Waals surface area contributed by atoms with Crippen LogP contribution in [0.4, 0.5) is 5.69 Å². The molecular formula is C17H22N2OS2. The first-order chi connectivity index (χ1) is 10.5. The minimum Gasteiger partial charge on any atom is -0.325 e. The number of hydrogen-bond donors (Lipinski definition) is 1. The lowest BCUT2D eigenvalue weighted by Gasteiger charge is -2.17. The second kappa shape index (κ2) is 7.79. The van der Waals surface area contributed by atoms with E-state index in [9.17, 15) is 4.79 Å². The van der Waals surface area contributed by atoms with E-state index in [0.29, 0.717) is 5.92 Å². The Balaban J connectivity index is 2.05. The zero-order valence-electron chi connectivity index (χ0n) is 13.4. The summed E-state index contributed by atoms with van der Waals surface area (Å²) >= 11 is 3.09. The molecule has 1 heterocycles. The molecule has 1 N–H and O–H groups in total. The number of nitrogens with zero attached hydrogens (tertiary/aromatic N) is 1. The second-order valence-electron chi connectivity index (χ2n) is 5.40. The zero-order chi connectivity index (χ0) is 16.1. The summed E-state index contributed by atoms with van der Waals surface area (Å²) in [7, 11) is 0.